The first-order valence-electron chi connectivity index (χ1n) is 9.18. The lowest BCUT2D eigenvalue weighted by atomic mass is 10.0. The van der Waals surface area contributed by atoms with Crippen molar-refractivity contribution in [3.05, 3.63) is 41.6 Å². The molecule has 0 atom stereocenters. The normalized spacial score (nSPS) is 18.5. The maximum absolute atomic E-state index is 6.09. The lowest BCUT2D eigenvalue weighted by Gasteiger charge is -2.34. The van der Waals surface area contributed by atoms with Gasteiger partial charge in [0.05, 0.1) is 5.69 Å². The third-order valence-corrected chi connectivity index (χ3v) is 4.97. The van der Waals surface area contributed by atoms with Gasteiger partial charge in [0.2, 0.25) is 0 Å². The maximum atomic E-state index is 6.09. The second kappa shape index (κ2) is 7.35. The molecule has 0 radical (unpaired) electrons. The SMILES string of the molecule is Cc1nc2c(c(N3CCC(Oc4ccncc4)CC3)n1)CCNCC2. The van der Waals surface area contributed by atoms with Crippen molar-refractivity contribution in [3.63, 3.8) is 0 Å². The van der Waals surface area contributed by atoms with Gasteiger partial charge < -0.3 is 15.0 Å². The summed E-state index contributed by atoms with van der Waals surface area (Å²) in [5, 5.41) is 3.47. The molecule has 2 aliphatic heterocycles. The summed E-state index contributed by atoms with van der Waals surface area (Å²) in [6.07, 6.45) is 7.85. The number of ether oxygens (including phenoxy) is 1. The van der Waals surface area contributed by atoms with E-state index in [0.29, 0.717) is 0 Å². The van der Waals surface area contributed by atoms with Crippen LogP contribution in [0.15, 0.2) is 24.5 Å². The lowest BCUT2D eigenvalue weighted by Crippen LogP contribution is -2.39. The highest BCUT2D eigenvalue weighted by atomic mass is 16.5. The van der Waals surface area contributed by atoms with Crippen molar-refractivity contribution in [2.45, 2.75) is 38.7 Å². The van der Waals surface area contributed by atoms with Gasteiger partial charge in [0, 0.05) is 56.9 Å². The van der Waals surface area contributed by atoms with Crippen molar-refractivity contribution in [1.82, 2.24) is 20.3 Å². The number of anilines is 1. The van der Waals surface area contributed by atoms with Gasteiger partial charge in [-0.25, -0.2) is 9.97 Å². The molecule has 4 rings (SSSR count). The molecule has 0 saturated carbocycles. The van der Waals surface area contributed by atoms with Gasteiger partial charge in [0.25, 0.3) is 0 Å². The highest BCUT2D eigenvalue weighted by Crippen LogP contribution is 2.27. The van der Waals surface area contributed by atoms with Crippen molar-refractivity contribution in [3.8, 4) is 5.75 Å². The molecular weight excluding hydrogens is 314 g/mol. The molecule has 0 amide bonds. The zero-order valence-corrected chi connectivity index (χ0v) is 14.7. The van der Waals surface area contributed by atoms with Crippen LogP contribution in [0.2, 0.25) is 0 Å². The summed E-state index contributed by atoms with van der Waals surface area (Å²) in [5.74, 6) is 2.94. The Morgan fingerprint density at radius 1 is 1.08 bits per heavy atom. The molecule has 1 saturated heterocycles. The van der Waals surface area contributed by atoms with E-state index in [9.17, 15) is 0 Å². The number of aromatic nitrogens is 3. The van der Waals surface area contributed by atoms with Crippen LogP contribution in [0.3, 0.4) is 0 Å². The van der Waals surface area contributed by atoms with Crippen molar-refractivity contribution in [1.29, 1.82) is 0 Å². The minimum atomic E-state index is 0.266. The van der Waals surface area contributed by atoms with Crippen molar-refractivity contribution in [2.24, 2.45) is 0 Å². The van der Waals surface area contributed by atoms with Gasteiger partial charge in [-0.1, -0.05) is 0 Å². The molecule has 1 N–H and O–H groups in total. The van der Waals surface area contributed by atoms with E-state index in [1.807, 2.05) is 19.1 Å². The molecule has 2 aromatic rings. The number of pyridine rings is 1. The van der Waals surface area contributed by atoms with Crippen LogP contribution >= 0.6 is 0 Å². The number of nitrogens with one attached hydrogen (secondary N) is 1. The van der Waals surface area contributed by atoms with E-state index < -0.39 is 0 Å². The Kier molecular flexibility index (Phi) is 4.78. The molecule has 6 heteroatoms. The van der Waals surface area contributed by atoms with Gasteiger partial charge in [-0.3, -0.25) is 4.98 Å². The molecule has 6 nitrogen and oxygen atoms in total. The number of aryl methyl sites for hydroxylation is 1. The molecule has 0 aromatic carbocycles. The van der Waals surface area contributed by atoms with Crippen LogP contribution in [-0.4, -0.2) is 47.2 Å². The summed E-state index contributed by atoms with van der Waals surface area (Å²) >= 11 is 0. The van der Waals surface area contributed by atoms with Gasteiger partial charge in [0.1, 0.15) is 23.5 Å². The second-order valence-electron chi connectivity index (χ2n) is 6.76. The summed E-state index contributed by atoms with van der Waals surface area (Å²) < 4.78 is 6.09. The fourth-order valence-corrected chi connectivity index (χ4v) is 3.70. The Morgan fingerprint density at radius 3 is 2.64 bits per heavy atom. The van der Waals surface area contributed by atoms with Crippen LogP contribution in [0.1, 0.15) is 29.9 Å². The third kappa shape index (κ3) is 3.74. The summed E-state index contributed by atoms with van der Waals surface area (Å²) in [7, 11) is 0. The van der Waals surface area contributed by atoms with E-state index in [2.05, 4.69) is 15.2 Å². The number of fused-ring (bicyclic) bond motifs is 1. The topological polar surface area (TPSA) is 63.2 Å². The Balaban J connectivity index is 1.46. The van der Waals surface area contributed by atoms with Gasteiger partial charge in [0.15, 0.2) is 0 Å². The summed E-state index contributed by atoms with van der Waals surface area (Å²) in [6.45, 7) is 5.97. The van der Waals surface area contributed by atoms with E-state index in [4.69, 9.17) is 14.7 Å². The van der Waals surface area contributed by atoms with E-state index in [1.165, 1.54) is 11.3 Å². The number of nitrogens with zero attached hydrogens (tertiary/aromatic N) is 4. The van der Waals surface area contributed by atoms with E-state index in [1.54, 1.807) is 12.4 Å². The van der Waals surface area contributed by atoms with Crippen LogP contribution in [0.5, 0.6) is 5.75 Å². The predicted molar refractivity (Wildman–Crippen MR) is 97.1 cm³/mol. The summed E-state index contributed by atoms with van der Waals surface area (Å²) in [5.41, 5.74) is 2.56. The Hall–Kier alpha value is -2.21. The largest absolute Gasteiger partial charge is 0.490 e. The first kappa shape index (κ1) is 16.3. The zero-order valence-electron chi connectivity index (χ0n) is 14.7. The van der Waals surface area contributed by atoms with E-state index >= 15 is 0 Å². The van der Waals surface area contributed by atoms with Crippen LogP contribution in [0.4, 0.5) is 5.82 Å². The molecule has 0 aliphatic carbocycles. The standard InChI is InChI=1S/C19H25N5O/c1-14-22-18-5-11-21-10-4-17(18)19(23-14)24-12-6-16(7-13-24)25-15-2-8-20-9-3-15/h2-3,8-9,16,21H,4-7,10-13H2,1H3. The fourth-order valence-electron chi connectivity index (χ4n) is 3.70. The Bertz CT molecular complexity index is 713. The Morgan fingerprint density at radius 2 is 1.84 bits per heavy atom. The average molecular weight is 339 g/mol. The van der Waals surface area contributed by atoms with Gasteiger partial charge in [-0.2, -0.15) is 0 Å². The first-order valence-corrected chi connectivity index (χ1v) is 9.18. The van der Waals surface area contributed by atoms with Gasteiger partial charge >= 0.3 is 0 Å². The van der Waals surface area contributed by atoms with Crippen LogP contribution in [0.25, 0.3) is 0 Å². The molecule has 25 heavy (non-hydrogen) atoms. The van der Waals surface area contributed by atoms with E-state index in [0.717, 1.165) is 69.3 Å². The monoisotopic (exact) mass is 339 g/mol. The number of hydrogen-bond donors (Lipinski definition) is 1. The first-order chi connectivity index (χ1) is 12.3. The second-order valence-corrected chi connectivity index (χ2v) is 6.76. The molecule has 1 fully saturated rings. The number of hydrogen-bond acceptors (Lipinski definition) is 6. The smallest absolute Gasteiger partial charge is 0.135 e. The highest BCUT2D eigenvalue weighted by Gasteiger charge is 2.25. The molecule has 4 heterocycles. The zero-order chi connectivity index (χ0) is 17.1. The molecule has 2 aromatic heterocycles. The molecular formula is C19H25N5O. The summed E-state index contributed by atoms with van der Waals surface area (Å²) in [4.78, 5) is 16.0. The van der Waals surface area contributed by atoms with Crippen LogP contribution in [0, 0.1) is 6.92 Å². The molecule has 0 unspecified atom stereocenters. The number of rotatable bonds is 3. The van der Waals surface area contributed by atoms with Gasteiger partial charge in [-0.05, 0) is 32.0 Å². The van der Waals surface area contributed by atoms with Gasteiger partial charge in [-0.15, -0.1) is 0 Å². The maximum Gasteiger partial charge on any atom is 0.135 e. The lowest BCUT2D eigenvalue weighted by molar-refractivity contribution is 0.170. The van der Waals surface area contributed by atoms with Crippen molar-refractivity contribution in [2.75, 3.05) is 31.1 Å². The Labute approximate surface area is 148 Å². The summed E-state index contributed by atoms with van der Waals surface area (Å²) in [6, 6.07) is 3.85. The fraction of sp³-hybridized carbons (Fsp3) is 0.526. The number of piperidine rings is 1. The quantitative estimate of drug-likeness (QED) is 0.922. The minimum absolute atomic E-state index is 0.266. The van der Waals surface area contributed by atoms with Crippen molar-refractivity contribution >= 4 is 5.82 Å². The molecule has 0 bridgehead atoms. The predicted octanol–water partition coefficient (Wildman–Crippen LogP) is 1.92. The highest BCUT2D eigenvalue weighted by molar-refractivity contribution is 5.50. The third-order valence-electron chi connectivity index (χ3n) is 4.97. The molecule has 132 valence electrons. The average Bonchev–Trinajstić information content (AvgIpc) is 2.88. The van der Waals surface area contributed by atoms with Crippen LogP contribution in [-0.2, 0) is 12.8 Å². The van der Waals surface area contributed by atoms with E-state index in [-0.39, 0.29) is 6.10 Å². The minimum Gasteiger partial charge on any atom is -0.490 e. The molecule has 2 aliphatic rings. The molecule has 0 spiro atoms. The van der Waals surface area contributed by atoms with Crippen LogP contribution < -0.4 is 15.0 Å². The van der Waals surface area contributed by atoms with Crippen molar-refractivity contribution < 1.29 is 4.74 Å².